The predicted octanol–water partition coefficient (Wildman–Crippen LogP) is 2.47. The summed E-state index contributed by atoms with van der Waals surface area (Å²) in [6.45, 7) is 10.8. The van der Waals surface area contributed by atoms with Crippen molar-refractivity contribution in [1.29, 1.82) is 0 Å². The van der Waals surface area contributed by atoms with Gasteiger partial charge in [-0.05, 0) is 51.8 Å². The summed E-state index contributed by atoms with van der Waals surface area (Å²) in [5, 5.41) is 10.3. The largest absolute Gasteiger partial charge is 0.490 e. The molecule has 2 N–H and O–H groups in total. The minimum atomic E-state index is 0.341. The zero-order chi connectivity index (χ0) is 19.5. The summed E-state index contributed by atoms with van der Waals surface area (Å²) in [5.74, 6) is 3.38. The summed E-state index contributed by atoms with van der Waals surface area (Å²) in [6, 6.07) is 6.04. The number of rotatable bonds is 10. The smallest absolute Gasteiger partial charge is 0.248 e. The second kappa shape index (κ2) is 11.1. The van der Waals surface area contributed by atoms with E-state index in [0.29, 0.717) is 37.4 Å². The molecule has 0 radical (unpaired) electrons. The lowest BCUT2D eigenvalue weighted by molar-refractivity contribution is 0.287. The first kappa shape index (κ1) is 20.5. The van der Waals surface area contributed by atoms with Gasteiger partial charge in [0.05, 0.1) is 13.2 Å². The van der Waals surface area contributed by atoms with Crippen LogP contribution in [0.1, 0.15) is 38.0 Å². The molecule has 27 heavy (non-hydrogen) atoms. The monoisotopic (exact) mass is 375 g/mol. The number of benzene rings is 1. The molecule has 0 unspecified atom stereocenters. The van der Waals surface area contributed by atoms with E-state index in [9.17, 15) is 0 Å². The van der Waals surface area contributed by atoms with Gasteiger partial charge < -0.3 is 24.6 Å². The molecule has 0 aliphatic rings. The first-order valence-corrected chi connectivity index (χ1v) is 9.36. The van der Waals surface area contributed by atoms with Gasteiger partial charge in [-0.2, -0.15) is 4.98 Å². The quantitative estimate of drug-likeness (QED) is 0.487. The number of aliphatic imine (C=N–C) groups is 1. The highest BCUT2D eigenvalue weighted by atomic mass is 16.5. The second-order valence-corrected chi connectivity index (χ2v) is 5.75. The van der Waals surface area contributed by atoms with Crippen LogP contribution in [0, 0.1) is 6.92 Å². The zero-order valence-corrected chi connectivity index (χ0v) is 16.5. The maximum absolute atomic E-state index is 5.68. The summed E-state index contributed by atoms with van der Waals surface area (Å²) in [4.78, 5) is 8.62. The van der Waals surface area contributed by atoms with E-state index >= 15 is 0 Å². The fraction of sp³-hybridized carbons (Fsp3) is 0.526. The van der Waals surface area contributed by atoms with Gasteiger partial charge in [0.15, 0.2) is 23.3 Å². The third kappa shape index (κ3) is 6.80. The Kier molecular flexibility index (Phi) is 8.41. The van der Waals surface area contributed by atoms with Crippen LogP contribution in [0.15, 0.2) is 27.7 Å². The van der Waals surface area contributed by atoms with Gasteiger partial charge in [0.25, 0.3) is 0 Å². The highest BCUT2D eigenvalue weighted by Crippen LogP contribution is 2.28. The maximum Gasteiger partial charge on any atom is 0.248 e. The van der Waals surface area contributed by atoms with Crippen LogP contribution in [-0.2, 0) is 13.0 Å². The Hall–Kier alpha value is -2.77. The fourth-order valence-electron chi connectivity index (χ4n) is 2.47. The van der Waals surface area contributed by atoms with Gasteiger partial charge in [0, 0.05) is 13.1 Å². The Morgan fingerprint density at radius 1 is 1.11 bits per heavy atom. The summed E-state index contributed by atoms with van der Waals surface area (Å²) < 4.78 is 16.4. The highest BCUT2D eigenvalue weighted by Gasteiger charge is 2.07. The molecule has 8 heteroatoms. The third-order valence-corrected chi connectivity index (χ3v) is 3.60. The number of hydrogen-bond acceptors (Lipinski definition) is 6. The van der Waals surface area contributed by atoms with Crippen molar-refractivity contribution in [2.45, 2.75) is 40.7 Å². The Bertz CT molecular complexity index is 730. The van der Waals surface area contributed by atoms with Gasteiger partial charge in [0.2, 0.25) is 5.89 Å². The van der Waals surface area contributed by atoms with Crippen LogP contribution in [0.3, 0.4) is 0 Å². The number of nitrogens with zero attached hydrogens (tertiary/aromatic N) is 3. The molecule has 2 aromatic rings. The Morgan fingerprint density at radius 3 is 2.56 bits per heavy atom. The fourth-order valence-corrected chi connectivity index (χ4v) is 2.47. The van der Waals surface area contributed by atoms with Crippen molar-refractivity contribution in [3.8, 4) is 11.5 Å². The van der Waals surface area contributed by atoms with Crippen LogP contribution in [0.4, 0.5) is 0 Å². The van der Waals surface area contributed by atoms with Crippen molar-refractivity contribution < 1.29 is 14.0 Å². The number of nitrogens with one attached hydrogen (secondary N) is 2. The molecule has 0 fully saturated rings. The van der Waals surface area contributed by atoms with Crippen LogP contribution in [0.5, 0.6) is 11.5 Å². The summed E-state index contributed by atoms with van der Waals surface area (Å²) in [6.07, 6.45) is 0.830. The molecule has 1 aromatic heterocycles. The third-order valence-electron chi connectivity index (χ3n) is 3.60. The normalized spacial score (nSPS) is 11.3. The van der Waals surface area contributed by atoms with E-state index in [4.69, 9.17) is 14.0 Å². The molecule has 0 saturated carbocycles. The molecule has 0 spiro atoms. The minimum Gasteiger partial charge on any atom is -0.490 e. The van der Waals surface area contributed by atoms with E-state index in [0.717, 1.165) is 36.6 Å². The average Bonchev–Trinajstić information content (AvgIpc) is 3.07. The van der Waals surface area contributed by atoms with Gasteiger partial charge in [-0.1, -0.05) is 11.2 Å². The van der Waals surface area contributed by atoms with Crippen LogP contribution < -0.4 is 20.1 Å². The second-order valence-electron chi connectivity index (χ2n) is 5.75. The highest BCUT2D eigenvalue weighted by molar-refractivity contribution is 5.79. The molecule has 0 aliphatic heterocycles. The topological polar surface area (TPSA) is 93.8 Å². The SMILES string of the molecule is CCNC(=NCc1nc(C)no1)NCCc1ccc(OCC)c(OCC)c1. The number of aryl methyl sites for hydroxylation is 1. The summed E-state index contributed by atoms with van der Waals surface area (Å²) in [5.41, 5.74) is 1.16. The summed E-state index contributed by atoms with van der Waals surface area (Å²) in [7, 11) is 0. The molecule has 0 saturated heterocycles. The van der Waals surface area contributed by atoms with Crippen LogP contribution in [-0.4, -0.2) is 42.4 Å². The standard InChI is InChI=1S/C19H29N5O3/c1-5-20-19(22-13-18-23-14(4)24-27-18)21-11-10-15-8-9-16(25-6-2)17(12-15)26-7-3/h8-9,12H,5-7,10-11,13H2,1-4H3,(H2,20,21,22). The molecule has 148 valence electrons. The van der Waals surface area contributed by atoms with Crippen molar-refractivity contribution in [3.63, 3.8) is 0 Å². The number of aromatic nitrogens is 2. The molecule has 0 amide bonds. The van der Waals surface area contributed by atoms with Gasteiger partial charge in [-0.15, -0.1) is 0 Å². The molecule has 0 atom stereocenters. The van der Waals surface area contributed by atoms with Gasteiger partial charge in [-0.25, -0.2) is 4.99 Å². The average molecular weight is 375 g/mol. The zero-order valence-electron chi connectivity index (χ0n) is 16.5. The van der Waals surface area contributed by atoms with Crippen molar-refractivity contribution in [2.24, 2.45) is 4.99 Å². The number of ether oxygens (including phenoxy) is 2. The Morgan fingerprint density at radius 2 is 1.89 bits per heavy atom. The van der Waals surface area contributed by atoms with Crippen LogP contribution in [0.25, 0.3) is 0 Å². The minimum absolute atomic E-state index is 0.341. The van der Waals surface area contributed by atoms with E-state index in [2.05, 4.69) is 31.8 Å². The predicted molar refractivity (Wildman–Crippen MR) is 104 cm³/mol. The van der Waals surface area contributed by atoms with Gasteiger partial charge in [-0.3, -0.25) is 0 Å². The molecular formula is C19H29N5O3. The van der Waals surface area contributed by atoms with Crippen molar-refractivity contribution in [1.82, 2.24) is 20.8 Å². The van der Waals surface area contributed by atoms with Crippen molar-refractivity contribution in [2.75, 3.05) is 26.3 Å². The first-order chi connectivity index (χ1) is 13.2. The Balaban J connectivity index is 1.92. The van der Waals surface area contributed by atoms with Gasteiger partial charge >= 0.3 is 0 Å². The van der Waals surface area contributed by atoms with Crippen molar-refractivity contribution >= 4 is 5.96 Å². The van der Waals surface area contributed by atoms with E-state index < -0.39 is 0 Å². The molecular weight excluding hydrogens is 346 g/mol. The van der Waals surface area contributed by atoms with Crippen molar-refractivity contribution in [3.05, 3.63) is 35.5 Å². The molecule has 1 heterocycles. The summed E-state index contributed by atoms with van der Waals surface area (Å²) >= 11 is 0. The van der Waals surface area contributed by atoms with E-state index in [1.54, 1.807) is 6.92 Å². The first-order valence-electron chi connectivity index (χ1n) is 9.36. The maximum atomic E-state index is 5.68. The van der Waals surface area contributed by atoms with Gasteiger partial charge in [0.1, 0.15) is 6.54 Å². The lowest BCUT2D eigenvalue weighted by Gasteiger charge is -2.13. The van der Waals surface area contributed by atoms with E-state index in [1.807, 2.05) is 32.9 Å². The lowest BCUT2D eigenvalue weighted by atomic mass is 10.1. The molecule has 1 aromatic carbocycles. The molecule has 2 rings (SSSR count). The lowest BCUT2D eigenvalue weighted by Crippen LogP contribution is -2.38. The molecule has 8 nitrogen and oxygen atoms in total. The molecule has 0 aliphatic carbocycles. The molecule has 0 bridgehead atoms. The van der Waals surface area contributed by atoms with E-state index in [1.165, 1.54) is 0 Å². The number of hydrogen-bond donors (Lipinski definition) is 2. The number of guanidine groups is 1. The Labute approximate surface area is 160 Å². The van der Waals surface area contributed by atoms with Crippen LogP contribution >= 0.6 is 0 Å². The van der Waals surface area contributed by atoms with Crippen LogP contribution in [0.2, 0.25) is 0 Å². The van der Waals surface area contributed by atoms with E-state index in [-0.39, 0.29) is 0 Å².